The molecule has 0 radical (unpaired) electrons. The van der Waals surface area contributed by atoms with E-state index >= 15 is 0 Å². The van der Waals surface area contributed by atoms with Crippen LogP contribution in [0.4, 0.5) is 10.8 Å². The van der Waals surface area contributed by atoms with E-state index in [0.717, 1.165) is 15.3 Å². The van der Waals surface area contributed by atoms with Gasteiger partial charge in [0.1, 0.15) is 0 Å². The molecule has 9 heteroatoms. The Morgan fingerprint density at radius 2 is 1.50 bits per heavy atom. The van der Waals surface area contributed by atoms with Crippen LogP contribution >= 0.6 is 11.3 Å². The number of thiazole rings is 1. The van der Waals surface area contributed by atoms with Crippen LogP contribution in [0.1, 0.15) is 26.3 Å². The molecule has 1 fully saturated rings. The highest BCUT2D eigenvalue weighted by Gasteiger charge is 2.24. The number of nitro benzene ring substituents is 1. The molecule has 170 valence electrons. The molecular formula is C25H20N4O4S. The number of non-ortho nitro benzene ring substituents is 1. The molecule has 1 aromatic heterocycles. The molecule has 1 saturated heterocycles. The van der Waals surface area contributed by atoms with E-state index < -0.39 is 4.92 Å². The van der Waals surface area contributed by atoms with Gasteiger partial charge < -0.3 is 9.80 Å². The number of amides is 1. The van der Waals surface area contributed by atoms with Gasteiger partial charge in [-0.2, -0.15) is 0 Å². The van der Waals surface area contributed by atoms with Crippen LogP contribution in [-0.4, -0.2) is 52.7 Å². The zero-order valence-electron chi connectivity index (χ0n) is 18.1. The summed E-state index contributed by atoms with van der Waals surface area (Å²) in [6, 6.07) is 20.5. The minimum atomic E-state index is -0.409. The summed E-state index contributed by atoms with van der Waals surface area (Å²) in [6.07, 6.45) is 0. The number of rotatable bonds is 5. The maximum atomic E-state index is 13.0. The lowest BCUT2D eigenvalue weighted by Gasteiger charge is -2.34. The highest BCUT2D eigenvalue weighted by molar-refractivity contribution is 7.22. The summed E-state index contributed by atoms with van der Waals surface area (Å²) in [6.45, 7) is 2.33. The Morgan fingerprint density at radius 3 is 2.18 bits per heavy atom. The highest BCUT2D eigenvalue weighted by atomic mass is 32.1. The van der Waals surface area contributed by atoms with Crippen LogP contribution in [0.2, 0.25) is 0 Å². The summed E-state index contributed by atoms with van der Waals surface area (Å²) in [5, 5.41) is 11.8. The maximum Gasteiger partial charge on any atom is 0.270 e. The summed E-state index contributed by atoms with van der Waals surface area (Å²) in [4.78, 5) is 44.7. The molecule has 0 saturated carbocycles. The number of anilines is 1. The van der Waals surface area contributed by atoms with Crippen molar-refractivity contribution >= 4 is 44.1 Å². The fourth-order valence-corrected chi connectivity index (χ4v) is 5.00. The van der Waals surface area contributed by atoms with Gasteiger partial charge in [0.15, 0.2) is 10.9 Å². The molecule has 1 aliphatic heterocycles. The second-order valence-corrected chi connectivity index (χ2v) is 8.97. The molecule has 0 bridgehead atoms. The zero-order chi connectivity index (χ0) is 23.7. The number of nitrogens with zero attached hydrogens (tertiary/aromatic N) is 4. The van der Waals surface area contributed by atoms with Gasteiger partial charge in [0.25, 0.3) is 11.6 Å². The third-order valence-electron chi connectivity index (χ3n) is 5.84. The van der Waals surface area contributed by atoms with Crippen molar-refractivity contribution in [3.05, 3.63) is 99.6 Å². The Morgan fingerprint density at radius 1 is 0.853 bits per heavy atom. The van der Waals surface area contributed by atoms with Crippen molar-refractivity contribution in [2.24, 2.45) is 0 Å². The predicted molar refractivity (Wildman–Crippen MR) is 131 cm³/mol. The van der Waals surface area contributed by atoms with Crippen molar-refractivity contribution in [2.75, 3.05) is 31.1 Å². The topological polar surface area (TPSA) is 96.7 Å². The van der Waals surface area contributed by atoms with Crippen LogP contribution in [0.3, 0.4) is 0 Å². The molecule has 1 aliphatic rings. The van der Waals surface area contributed by atoms with Gasteiger partial charge in [-0.05, 0) is 18.2 Å². The van der Waals surface area contributed by atoms with E-state index in [9.17, 15) is 19.7 Å². The van der Waals surface area contributed by atoms with Gasteiger partial charge in [-0.25, -0.2) is 4.98 Å². The molecule has 0 N–H and O–H groups in total. The summed E-state index contributed by atoms with van der Waals surface area (Å²) < 4.78 is 0.771. The van der Waals surface area contributed by atoms with Gasteiger partial charge in [0.2, 0.25) is 0 Å². The van der Waals surface area contributed by atoms with Crippen molar-refractivity contribution in [3.63, 3.8) is 0 Å². The van der Waals surface area contributed by atoms with Crippen molar-refractivity contribution < 1.29 is 14.5 Å². The Kier molecular flexibility index (Phi) is 5.77. The fourth-order valence-electron chi connectivity index (χ4n) is 3.95. The number of nitro groups is 1. The van der Waals surface area contributed by atoms with E-state index in [1.54, 1.807) is 53.4 Å². The van der Waals surface area contributed by atoms with Gasteiger partial charge in [0, 0.05) is 55.0 Å². The lowest BCUT2D eigenvalue weighted by atomic mass is 10.0. The van der Waals surface area contributed by atoms with Gasteiger partial charge >= 0.3 is 0 Å². The van der Waals surface area contributed by atoms with Crippen LogP contribution in [-0.2, 0) is 0 Å². The zero-order valence-corrected chi connectivity index (χ0v) is 18.9. The molecule has 0 atom stereocenters. The number of hydrogen-bond donors (Lipinski definition) is 0. The first-order chi connectivity index (χ1) is 16.5. The molecule has 0 unspecified atom stereocenters. The lowest BCUT2D eigenvalue weighted by Crippen LogP contribution is -2.48. The Bertz CT molecular complexity index is 1380. The van der Waals surface area contributed by atoms with E-state index in [4.69, 9.17) is 0 Å². The third kappa shape index (κ3) is 4.25. The molecule has 3 aromatic carbocycles. The highest BCUT2D eigenvalue weighted by Crippen LogP contribution is 2.32. The second kappa shape index (κ2) is 9.03. The van der Waals surface area contributed by atoms with Crippen LogP contribution in [0, 0.1) is 10.1 Å². The first-order valence-electron chi connectivity index (χ1n) is 10.8. The number of carbonyl (C=O) groups excluding carboxylic acids is 2. The smallest absolute Gasteiger partial charge is 0.270 e. The quantitative estimate of drug-likeness (QED) is 0.243. The van der Waals surface area contributed by atoms with Crippen LogP contribution < -0.4 is 4.90 Å². The van der Waals surface area contributed by atoms with E-state index in [2.05, 4.69) is 9.88 Å². The summed E-state index contributed by atoms with van der Waals surface area (Å²) in [7, 11) is 0. The second-order valence-electron chi connectivity index (χ2n) is 7.96. The lowest BCUT2D eigenvalue weighted by molar-refractivity contribution is -0.384. The molecule has 0 spiro atoms. The van der Waals surface area contributed by atoms with Crippen molar-refractivity contribution in [1.29, 1.82) is 0 Å². The van der Waals surface area contributed by atoms with Crippen molar-refractivity contribution in [2.45, 2.75) is 0 Å². The van der Waals surface area contributed by atoms with E-state index in [1.807, 2.05) is 18.2 Å². The number of aromatic nitrogens is 1. The molecular weight excluding hydrogens is 452 g/mol. The molecule has 4 aromatic rings. The fraction of sp³-hybridized carbons (Fsp3) is 0.160. The number of fused-ring (bicyclic) bond motifs is 1. The first-order valence-corrected chi connectivity index (χ1v) is 11.6. The van der Waals surface area contributed by atoms with Crippen LogP contribution in [0.15, 0.2) is 72.8 Å². The molecule has 8 nitrogen and oxygen atoms in total. The molecule has 1 amide bonds. The Labute approximate surface area is 199 Å². The summed E-state index contributed by atoms with van der Waals surface area (Å²) in [5.41, 5.74) is 2.49. The number of carbonyl (C=O) groups is 2. The van der Waals surface area contributed by atoms with Crippen molar-refractivity contribution in [3.8, 4) is 0 Å². The van der Waals surface area contributed by atoms with E-state index in [1.165, 1.54) is 17.4 Å². The van der Waals surface area contributed by atoms with Crippen LogP contribution in [0.25, 0.3) is 10.2 Å². The molecule has 5 rings (SSSR count). The number of hydrogen-bond acceptors (Lipinski definition) is 7. The van der Waals surface area contributed by atoms with Gasteiger partial charge in [-0.1, -0.05) is 53.8 Å². The number of piperazine rings is 1. The minimum Gasteiger partial charge on any atom is -0.345 e. The number of ketones is 1. The average Bonchev–Trinajstić information content (AvgIpc) is 3.32. The molecule has 2 heterocycles. The van der Waals surface area contributed by atoms with Gasteiger partial charge in [0.05, 0.1) is 15.1 Å². The molecule has 0 aliphatic carbocycles. The first kappa shape index (κ1) is 21.7. The monoisotopic (exact) mass is 472 g/mol. The average molecular weight is 473 g/mol. The van der Waals surface area contributed by atoms with E-state index in [0.29, 0.717) is 42.9 Å². The van der Waals surface area contributed by atoms with Gasteiger partial charge in [-0.3, -0.25) is 19.7 Å². The Hall–Kier alpha value is -4.11. The minimum absolute atomic E-state index is 0.0506. The predicted octanol–water partition coefficient (Wildman–Crippen LogP) is 4.40. The van der Waals surface area contributed by atoms with Crippen molar-refractivity contribution in [1.82, 2.24) is 9.88 Å². The number of benzene rings is 3. The SMILES string of the molecule is O=C(c1ccccc1)c1ccc(C(=O)N2CCN(c3nc4ccc([N+](=O)[O-])cc4s3)CC2)cc1. The Balaban J connectivity index is 1.23. The molecule has 34 heavy (non-hydrogen) atoms. The summed E-state index contributed by atoms with van der Waals surface area (Å²) >= 11 is 1.42. The third-order valence-corrected chi connectivity index (χ3v) is 6.92. The maximum absolute atomic E-state index is 13.0. The van der Waals surface area contributed by atoms with Crippen LogP contribution in [0.5, 0.6) is 0 Å². The van der Waals surface area contributed by atoms with Gasteiger partial charge in [-0.15, -0.1) is 0 Å². The normalized spacial score (nSPS) is 13.8. The van der Waals surface area contributed by atoms with E-state index in [-0.39, 0.29) is 17.4 Å². The summed E-state index contributed by atoms with van der Waals surface area (Å²) in [5.74, 6) is -0.146. The standard InChI is InChI=1S/C25H20N4O4S/c30-23(17-4-2-1-3-5-17)18-6-8-19(9-7-18)24(31)27-12-14-28(15-13-27)25-26-21-11-10-20(29(32)33)16-22(21)34-25/h1-11,16H,12-15H2. The largest absolute Gasteiger partial charge is 0.345 e.